The molecule has 116 valence electrons. The van der Waals surface area contributed by atoms with Crippen LogP contribution in [-0.4, -0.2) is 49.3 Å². The first-order valence-corrected chi connectivity index (χ1v) is 7.67. The first-order chi connectivity index (χ1) is 10.0. The highest BCUT2D eigenvalue weighted by Gasteiger charge is 2.20. The standard InChI is InChI=1S/C14H19NO5S/c1-19-11-5-4-9(8-12(11)20-2)13(16)15-10(14(17)18)6-7-21-3/h4-5,8,10H,6-7H2,1-3H3,(H,15,16)(H,17,18). The number of ether oxygens (including phenoxy) is 2. The zero-order chi connectivity index (χ0) is 15.8. The minimum Gasteiger partial charge on any atom is -0.493 e. The smallest absolute Gasteiger partial charge is 0.326 e. The lowest BCUT2D eigenvalue weighted by atomic mass is 10.1. The lowest BCUT2D eigenvalue weighted by molar-refractivity contribution is -0.139. The molecule has 0 aliphatic rings. The van der Waals surface area contributed by atoms with Crippen LogP contribution >= 0.6 is 11.8 Å². The zero-order valence-corrected chi connectivity index (χ0v) is 13.0. The topological polar surface area (TPSA) is 84.9 Å². The minimum atomic E-state index is -1.04. The first-order valence-electron chi connectivity index (χ1n) is 6.28. The van der Waals surface area contributed by atoms with Gasteiger partial charge in [-0.25, -0.2) is 4.79 Å². The molecule has 0 aromatic heterocycles. The molecular formula is C14H19NO5S. The van der Waals surface area contributed by atoms with Gasteiger partial charge in [0, 0.05) is 5.56 Å². The number of thioether (sulfide) groups is 1. The highest BCUT2D eigenvalue weighted by Crippen LogP contribution is 2.27. The molecule has 1 aromatic rings. The van der Waals surface area contributed by atoms with E-state index in [2.05, 4.69) is 5.32 Å². The molecule has 0 heterocycles. The second-order valence-corrected chi connectivity index (χ2v) is 5.20. The summed E-state index contributed by atoms with van der Waals surface area (Å²) in [5, 5.41) is 11.6. The van der Waals surface area contributed by atoms with Gasteiger partial charge in [0.15, 0.2) is 11.5 Å². The second-order valence-electron chi connectivity index (χ2n) is 4.22. The Bertz CT molecular complexity index is 506. The maximum absolute atomic E-state index is 12.1. The van der Waals surface area contributed by atoms with Crippen molar-refractivity contribution in [2.24, 2.45) is 0 Å². The average Bonchev–Trinajstić information content (AvgIpc) is 2.49. The Morgan fingerprint density at radius 2 is 1.95 bits per heavy atom. The molecule has 0 aliphatic heterocycles. The molecule has 0 fully saturated rings. The summed E-state index contributed by atoms with van der Waals surface area (Å²) in [5.74, 6) is 0.0816. The first kappa shape index (κ1) is 17.2. The zero-order valence-electron chi connectivity index (χ0n) is 12.2. The molecule has 1 aromatic carbocycles. The van der Waals surface area contributed by atoms with E-state index in [0.29, 0.717) is 29.2 Å². The molecule has 1 amide bonds. The summed E-state index contributed by atoms with van der Waals surface area (Å²) in [5.41, 5.74) is 0.322. The number of hydrogen-bond acceptors (Lipinski definition) is 5. The van der Waals surface area contributed by atoms with Crippen LogP contribution in [0.5, 0.6) is 11.5 Å². The van der Waals surface area contributed by atoms with E-state index in [9.17, 15) is 9.59 Å². The van der Waals surface area contributed by atoms with E-state index in [0.717, 1.165) is 0 Å². The van der Waals surface area contributed by atoms with E-state index < -0.39 is 17.9 Å². The van der Waals surface area contributed by atoms with Crippen LogP contribution in [0.2, 0.25) is 0 Å². The van der Waals surface area contributed by atoms with E-state index in [-0.39, 0.29) is 0 Å². The Hall–Kier alpha value is -1.89. The molecule has 1 rings (SSSR count). The lowest BCUT2D eigenvalue weighted by Crippen LogP contribution is -2.41. The van der Waals surface area contributed by atoms with Gasteiger partial charge in [0.05, 0.1) is 14.2 Å². The maximum atomic E-state index is 12.1. The molecule has 21 heavy (non-hydrogen) atoms. The van der Waals surface area contributed by atoms with Gasteiger partial charge in [-0.15, -0.1) is 0 Å². The highest BCUT2D eigenvalue weighted by atomic mass is 32.2. The molecule has 0 saturated carbocycles. The van der Waals surface area contributed by atoms with Crippen molar-refractivity contribution in [2.45, 2.75) is 12.5 Å². The molecule has 2 N–H and O–H groups in total. The van der Waals surface area contributed by atoms with Gasteiger partial charge >= 0.3 is 5.97 Å². The fourth-order valence-corrected chi connectivity index (χ4v) is 2.18. The van der Waals surface area contributed by atoms with E-state index in [1.54, 1.807) is 12.1 Å². The normalized spacial score (nSPS) is 11.6. The molecule has 0 bridgehead atoms. The van der Waals surface area contributed by atoms with Crippen LogP contribution in [0.25, 0.3) is 0 Å². The van der Waals surface area contributed by atoms with Crippen molar-refractivity contribution >= 4 is 23.6 Å². The number of hydrogen-bond donors (Lipinski definition) is 2. The van der Waals surface area contributed by atoms with Crippen LogP contribution in [0.4, 0.5) is 0 Å². The SMILES string of the molecule is COc1ccc(C(=O)NC(CCSC)C(=O)O)cc1OC. The van der Waals surface area contributed by atoms with Gasteiger partial charge in [0.2, 0.25) is 0 Å². The number of carboxylic acids is 1. The van der Waals surface area contributed by atoms with Crippen LogP contribution in [0.3, 0.4) is 0 Å². The Morgan fingerprint density at radius 3 is 2.48 bits per heavy atom. The van der Waals surface area contributed by atoms with Crippen LogP contribution < -0.4 is 14.8 Å². The number of carbonyl (C=O) groups is 2. The Balaban J connectivity index is 2.84. The van der Waals surface area contributed by atoms with Crippen molar-refractivity contribution < 1.29 is 24.2 Å². The molecular weight excluding hydrogens is 294 g/mol. The number of methoxy groups -OCH3 is 2. The van der Waals surface area contributed by atoms with Crippen molar-refractivity contribution in [1.29, 1.82) is 0 Å². The van der Waals surface area contributed by atoms with Gasteiger partial charge in [-0.2, -0.15) is 11.8 Å². The van der Waals surface area contributed by atoms with E-state index in [1.165, 1.54) is 32.0 Å². The second kappa shape index (κ2) is 8.41. The number of carboxylic acid groups (broad SMARTS) is 1. The molecule has 0 spiro atoms. The van der Waals surface area contributed by atoms with Gasteiger partial charge in [-0.05, 0) is 36.6 Å². The van der Waals surface area contributed by atoms with E-state index in [1.807, 2.05) is 6.26 Å². The molecule has 7 heteroatoms. The predicted molar refractivity (Wildman–Crippen MR) is 81.4 cm³/mol. The van der Waals surface area contributed by atoms with Crippen molar-refractivity contribution in [3.8, 4) is 11.5 Å². The maximum Gasteiger partial charge on any atom is 0.326 e. The third-order valence-electron chi connectivity index (χ3n) is 2.86. The number of nitrogens with one attached hydrogen (secondary N) is 1. The lowest BCUT2D eigenvalue weighted by Gasteiger charge is -2.15. The van der Waals surface area contributed by atoms with Crippen LogP contribution in [0.1, 0.15) is 16.8 Å². The summed E-state index contributed by atoms with van der Waals surface area (Å²) < 4.78 is 10.2. The van der Waals surface area contributed by atoms with Crippen molar-refractivity contribution in [1.82, 2.24) is 5.32 Å². The molecule has 0 radical (unpaired) electrons. The average molecular weight is 313 g/mol. The monoisotopic (exact) mass is 313 g/mol. The largest absolute Gasteiger partial charge is 0.493 e. The third-order valence-corrected chi connectivity index (χ3v) is 3.50. The van der Waals surface area contributed by atoms with Gasteiger partial charge in [-0.1, -0.05) is 0 Å². The number of rotatable bonds is 8. The number of aliphatic carboxylic acids is 1. The van der Waals surface area contributed by atoms with Gasteiger partial charge < -0.3 is 19.9 Å². The summed E-state index contributed by atoms with van der Waals surface area (Å²) >= 11 is 1.53. The Kier molecular flexibility index (Phi) is 6.87. The fraction of sp³-hybridized carbons (Fsp3) is 0.429. The molecule has 1 unspecified atom stereocenters. The van der Waals surface area contributed by atoms with Crippen molar-refractivity contribution in [2.75, 3.05) is 26.2 Å². The molecule has 6 nitrogen and oxygen atoms in total. The summed E-state index contributed by atoms with van der Waals surface area (Å²) in [6, 6.07) is 3.77. The summed E-state index contributed by atoms with van der Waals surface area (Å²) in [6.07, 6.45) is 2.25. The van der Waals surface area contributed by atoms with E-state index >= 15 is 0 Å². The van der Waals surface area contributed by atoms with Crippen LogP contribution in [0.15, 0.2) is 18.2 Å². The summed E-state index contributed by atoms with van der Waals surface area (Å²) in [6.45, 7) is 0. The third kappa shape index (κ3) is 4.86. The Morgan fingerprint density at radius 1 is 1.29 bits per heavy atom. The summed E-state index contributed by atoms with van der Waals surface area (Å²) in [7, 11) is 2.97. The number of amides is 1. The Labute approximate surface area is 127 Å². The fourth-order valence-electron chi connectivity index (χ4n) is 1.71. The quantitative estimate of drug-likeness (QED) is 0.759. The van der Waals surface area contributed by atoms with Gasteiger partial charge in [0.25, 0.3) is 5.91 Å². The van der Waals surface area contributed by atoms with Crippen LogP contribution in [0, 0.1) is 0 Å². The highest BCUT2D eigenvalue weighted by molar-refractivity contribution is 7.98. The number of benzene rings is 1. The number of carbonyl (C=O) groups excluding carboxylic acids is 1. The molecule has 0 aliphatic carbocycles. The van der Waals surface area contributed by atoms with Crippen LogP contribution in [-0.2, 0) is 4.79 Å². The van der Waals surface area contributed by atoms with E-state index in [4.69, 9.17) is 14.6 Å². The van der Waals surface area contributed by atoms with Crippen molar-refractivity contribution in [3.05, 3.63) is 23.8 Å². The van der Waals surface area contributed by atoms with Gasteiger partial charge in [0.1, 0.15) is 6.04 Å². The minimum absolute atomic E-state index is 0.322. The summed E-state index contributed by atoms with van der Waals surface area (Å²) in [4.78, 5) is 23.2. The van der Waals surface area contributed by atoms with Crippen molar-refractivity contribution in [3.63, 3.8) is 0 Å². The predicted octanol–water partition coefficient (Wildman–Crippen LogP) is 1.64. The van der Waals surface area contributed by atoms with Gasteiger partial charge in [-0.3, -0.25) is 4.79 Å². The molecule has 0 saturated heterocycles. The molecule has 1 atom stereocenters.